The van der Waals surface area contributed by atoms with Crippen molar-refractivity contribution in [2.75, 3.05) is 7.11 Å². The highest BCUT2D eigenvalue weighted by Crippen LogP contribution is 2.43. The van der Waals surface area contributed by atoms with E-state index in [1.165, 1.54) is 20.0 Å². The zero-order chi connectivity index (χ0) is 7.56. The Labute approximate surface area is 61.6 Å². The maximum absolute atomic E-state index is 10.7. The summed E-state index contributed by atoms with van der Waals surface area (Å²) in [6.07, 6.45) is 3.07. The largest absolute Gasteiger partial charge is 0.469 e. The Bertz CT molecular complexity index is 131. The second kappa shape index (κ2) is 3.04. The van der Waals surface area contributed by atoms with E-state index in [-0.39, 0.29) is 5.97 Å². The van der Waals surface area contributed by atoms with E-state index >= 15 is 0 Å². The molecule has 0 N–H and O–H groups in total. The molecule has 1 aliphatic rings. The highest BCUT2D eigenvalue weighted by Gasteiger charge is 2.36. The van der Waals surface area contributed by atoms with E-state index in [0.717, 1.165) is 5.92 Å². The van der Waals surface area contributed by atoms with Crippen LogP contribution in [0.2, 0.25) is 0 Å². The molecule has 58 valence electrons. The molecule has 0 unspecified atom stereocenters. The summed E-state index contributed by atoms with van der Waals surface area (Å²) in [5.74, 6) is 1.39. The number of hydrogen-bond donors (Lipinski definition) is 0. The van der Waals surface area contributed by atoms with E-state index < -0.39 is 0 Å². The molecule has 0 aliphatic heterocycles. The third-order valence-corrected chi connectivity index (χ3v) is 2.25. The first-order valence-corrected chi connectivity index (χ1v) is 3.84. The lowest BCUT2D eigenvalue weighted by Crippen LogP contribution is -2.01. The van der Waals surface area contributed by atoms with E-state index in [4.69, 9.17) is 0 Å². The molecule has 0 amide bonds. The molecule has 1 aliphatic carbocycles. The van der Waals surface area contributed by atoms with Gasteiger partial charge in [-0.2, -0.15) is 0 Å². The van der Waals surface area contributed by atoms with Gasteiger partial charge in [0.25, 0.3) is 0 Å². The van der Waals surface area contributed by atoms with Crippen LogP contribution < -0.4 is 0 Å². The van der Waals surface area contributed by atoms with Gasteiger partial charge in [0.15, 0.2) is 0 Å². The minimum Gasteiger partial charge on any atom is -0.469 e. The number of carbonyl (C=O) groups is 1. The molecule has 0 saturated heterocycles. The van der Waals surface area contributed by atoms with Gasteiger partial charge in [-0.3, -0.25) is 4.79 Å². The predicted octanol–water partition coefficient (Wildman–Crippen LogP) is 1.60. The monoisotopic (exact) mass is 142 g/mol. The number of carbonyl (C=O) groups excluding carboxylic acids is 1. The summed E-state index contributed by atoms with van der Waals surface area (Å²) in [5, 5.41) is 0. The number of methoxy groups -OCH3 is 1. The Kier molecular flexibility index (Phi) is 2.30. The van der Waals surface area contributed by atoms with Crippen LogP contribution in [0.15, 0.2) is 0 Å². The first kappa shape index (κ1) is 7.58. The van der Waals surface area contributed by atoms with Gasteiger partial charge in [0.05, 0.1) is 7.11 Å². The summed E-state index contributed by atoms with van der Waals surface area (Å²) in [4.78, 5) is 10.7. The summed E-state index contributed by atoms with van der Waals surface area (Å²) >= 11 is 0. The van der Waals surface area contributed by atoms with Crippen molar-refractivity contribution >= 4 is 5.97 Å². The smallest absolute Gasteiger partial charge is 0.305 e. The fourth-order valence-corrected chi connectivity index (χ4v) is 1.36. The Morgan fingerprint density at radius 3 is 2.70 bits per heavy atom. The van der Waals surface area contributed by atoms with Gasteiger partial charge in [-0.05, 0) is 18.3 Å². The lowest BCUT2D eigenvalue weighted by molar-refractivity contribution is -0.141. The van der Waals surface area contributed by atoms with Crippen LogP contribution in [-0.2, 0) is 9.53 Å². The van der Waals surface area contributed by atoms with Crippen LogP contribution in [0.5, 0.6) is 0 Å². The average Bonchev–Trinajstić information content (AvgIpc) is 2.67. The Balaban J connectivity index is 2.11. The third-order valence-electron chi connectivity index (χ3n) is 2.25. The third kappa shape index (κ3) is 1.72. The molecule has 0 radical (unpaired) electrons. The zero-order valence-electron chi connectivity index (χ0n) is 6.59. The summed E-state index contributed by atoms with van der Waals surface area (Å²) in [6.45, 7) is 2.17. The molecule has 1 rings (SSSR count). The van der Waals surface area contributed by atoms with Crippen molar-refractivity contribution in [1.29, 1.82) is 0 Å². The van der Waals surface area contributed by atoms with Gasteiger partial charge in [0, 0.05) is 6.42 Å². The van der Waals surface area contributed by atoms with Gasteiger partial charge >= 0.3 is 5.97 Å². The summed E-state index contributed by atoms with van der Waals surface area (Å²) < 4.78 is 4.55. The standard InChI is InChI=1S/C8H14O2/c1-3-6-4-7(6)5-8(9)10-2/h6-7H,3-5H2,1-2H3/t6-,7+/m0/s1. The molecule has 0 heterocycles. The number of ether oxygens (including phenoxy) is 1. The number of esters is 1. The molecule has 1 fully saturated rings. The molecule has 1 saturated carbocycles. The predicted molar refractivity (Wildman–Crippen MR) is 38.5 cm³/mol. The molecule has 2 nitrogen and oxygen atoms in total. The molecule has 0 aromatic heterocycles. The van der Waals surface area contributed by atoms with Crippen molar-refractivity contribution in [2.24, 2.45) is 11.8 Å². The topological polar surface area (TPSA) is 26.3 Å². The molecular weight excluding hydrogens is 128 g/mol. The summed E-state index contributed by atoms with van der Waals surface area (Å²) in [5.41, 5.74) is 0. The van der Waals surface area contributed by atoms with Gasteiger partial charge in [0.1, 0.15) is 0 Å². The van der Waals surface area contributed by atoms with Gasteiger partial charge in [0.2, 0.25) is 0 Å². The van der Waals surface area contributed by atoms with Crippen molar-refractivity contribution in [2.45, 2.75) is 26.2 Å². The fourth-order valence-electron chi connectivity index (χ4n) is 1.36. The highest BCUT2D eigenvalue weighted by atomic mass is 16.5. The van der Waals surface area contributed by atoms with Gasteiger partial charge < -0.3 is 4.74 Å². The Hall–Kier alpha value is -0.530. The molecule has 0 bridgehead atoms. The SMILES string of the molecule is CC[C@H]1C[C@@H]1CC(=O)OC. The fraction of sp³-hybridized carbons (Fsp3) is 0.875. The van der Waals surface area contributed by atoms with E-state index in [1.807, 2.05) is 0 Å². The molecule has 2 atom stereocenters. The average molecular weight is 142 g/mol. The van der Waals surface area contributed by atoms with Crippen LogP contribution >= 0.6 is 0 Å². The maximum Gasteiger partial charge on any atom is 0.305 e. The van der Waals surface area contributed by atoms with Crippen molar-refractivity contribution in [3.63, 3.8) is 0 Å². The molecular formula is C8H14O2. The Morgan fingerprint density at radius 2 is 2.30 bits per heavy atom. The quantitative estimate of drug-likeness (QED) is 0.559. The van der Waals surface area contributed by atoms with Crippen molar-refractivity contribution in [3.05, 3.63) is 0 Å². The summed E-state index contributed by atoms with van der Waals surface area (Å²) in [6, 6.07) is 0. The minimum atomic E-state index is -0.0547. The van der Waals surface area contributed by atoms with Crippen LogP contribution in [0.4, 0.5) is 0 Å². The first-order chi connectivity index (χ1) is 4.77. The lowest BCUT2D eigenvalue weighted by Gasteiger charge is -1.95. The second-order valence-electron chi connectivity index (χ2n) is 2.94. The van der Waals surface area contributed by atoms with E-state index in [9.17, 15) is 4.79 Å². The minimum absolute atomic E-state index is 0.0547. The number of rotatable bonds is 3. The summed E-state index contributed by atoms with van der Waals surface area (Å²) in [7, 11) is 1.45. The Morgan fingerprint density at radius 1 is 1.60 bits per heavy atom. The molecule has 0 aromatic rings. The lowest BCUT2D eigenvalue weighted by atomic mass is 10.2. The molecule has 0 spiro atoms. The van der Waals surface area contributed by atoms with Crippen LogP contribution in [0.1, 0.15) is 26.2 Å². The van der Waals surface area contributed by atoms with Crippen LogP contribution in [-0.4, -0.2) is 13.1 Å². The van der Waals surface area contributed by atoms with Crippen molar-refractivity contribution in [1.82, 2.24) is 0 Å². The molecule has 10 heavy (non-hydrogen) atoms. The van der Waals surface area contributed by atoms with Gasteiger partial charge in [-0.1, -0.05) is 13.3 Å². The number of hydrogen-bond acceptors (Lipinski definition) is 2. The highest BCUT2D eigenvalue weighted by molar-refractivity contribution is 5.69. The van der Waals surface area contributed by atoms with Gasteiger partial charge in [-0.25, -0.2) is 0 Å². The first-order valence-electron chi connectivity index (χ1n) is 3.84. The van der Waals surface area contributed by atoms with Crippen molar-refractivity contribution < 1.29 is 9.53 Å². The molecule has 0 aromatic carbocycles. The van der Waals surface area contributed by atoms with E-state index in [2.05, 4.69) is 11.7 Å². The van der Waals surface area contributed by atoms with Crippen LogP contribution in [0.25, 0.3) is 0 Å². The van der Waals surface area contributed by atoms with E-state index in [0.29, 0.717) is 12.3 Å². The normalized spacial score (nSPS) is 29.8. The van der Waals surface area contributed by atoms with Crippen LogP contribution in [0, 0.1) is 11.8 Å². The second-order valence-corrected chi connectivity index (χ2v) is 2.94. The van der Waals surface area contributed by atoms with E-state index in [1.54, 1.807) is 0 Å². The van der Waals surface area contributed by atoms with Crippen molar-refractivity contribution in [3.8, 4) is 0 Å². The zero-order valence-corrected chi connectivity index (χ0v) is 6.59. The molecule has 2 heteroatoms. The maximum atomic E-state index is 10.7. The van der Waals surface area contributed by atoms with Crippen LogP contribution in [0.3, 0.4) is 0 Å². The van der Waals surface area contributed by atoms with Gasteiger partial charge in [-0.15, -0.1) is 0 Å².